The first kappa shape index (κ1) is 13.9. The van der Waals surface area contributed by atoms with Gasteiger partial charge < -0.3 is 9.84 Å². The molecule has 0 aliphatic carbocycles. The molecular weight excluding hydrogens is 256 g/mol. The Bertz CT molecular complexity index is 481. The number of benzene rings is 1. The minimum atomic E-state index is -0.924. The average molecular weight is 271 g/mol. The SMILES string of the molecule is COC(=O)C1CC(O)CN1Cc1cccc(F)c1F. The summed E-state index contributed by atoms with van der Waals surface area (Å²) in [7, 11) is 1.26. The Morgan fingerprint density at radius 3 is 2.95 bits per heavy atom. The second-order valence-electron chi connectivity index (χ2n) is 4.57. The van der Waals surface area contributed by atoms with Crippen LogP contribution >= 0.6 is 0 Å². The predicted octanol–water partition coefficient (Wildman–Crippen LogP) is 1.07. The summed E-state index contributed by atoms with van der Waals surface area (Å²) in [6, 6.07) is 3.28. The second kappa shape index (κ2) is 5.63. The lowest BCUT2D eigenvalue weighted by atomic mass is 10.1. The molecule has 1 aromatic carbocycles. The van der Waals surface area contributed by atoms with E-state index in [1.54, 1.807) is 4.90 Å². The van der Waals surface area contributed by atoms with Crippen LogP contribution in [0.3, 0.4) is 0 Å². The number of carbonyl (C=O) groups is 1. The van der Waals surface area contributed by atoms with E-state index in [1.165, 1.54) is 19.2 Å². The Hall–Kier alpha value is -1.53. The van der Waals surface area contributed by atoms with E-state index in [9.17, 15) is 18.7 Å². The maximum Gasteiger partial charge on any atom is 0.323 e. The van der Waals surface area contributed by atoms with Gasteiger partial charge >= 0.3 is 5.97 Å². The molecule has 0 saturated carbocycles. The molecule has 1 aromatic rings. The third-order valence-corrected chi connectivity index (χ3v) is 3.26. The number of aliphatic hydroxyl groups is 1. The largest absolute Gasteiger partial charge is 0.468 e. The normalized spacial score (nSPS) is 23.6. The molecule has 2 unspecified atom stereocenters. The molecule has 4 nitrogen and oxygen atoms in total. The molecule has 6 heteroatoms. The molecule has 19 heavy (non-hydrogen) atoms. The van der Waals surface area contributed by atoms with E-state index in [0.717, 1.165) is 6.07 Å². The smallest absolute Gasteiger partial charge is 0.323 e. The van der Waals surface area contributed by atoms with Gasteiger partial charge in [0.2, 0.25) is 0 Å². The van der Waals surface area contributed by atoms with Crippen LogP contribution in [0.4, 0.5) is 8.78 Å². The molecule has 1 aliphatic heterocycles. The third kappa shape index (κ3) is 2.90. The van der Waals surface area contributed by atoms with Crippen molar-refractivity contribution in [2.75, 3.05) is 13.7 Å². The second-order valence-corrected chi connectivity index (χ2v) is 4.57. The van der Waals surface area contributed by atoms with E-state index in [1.807, 2.05) is 0 Å². The number of aliphatic hydroxyl groups excluding tert-OH is 1. The van der Waals surface area contributed by atoms with Gasteiger partial charge in [0.25, 0.3) is 0 Å². The van der Waals surface area contributed by atoms with E-state index >= 15 is 0 Å². The number of likely N-dealkylation sites (tertiary alicyclic amines) is 1. The summed E-state index contributed by atoms with van der Waals surface area (Å²) in [5.41, 5.74) is 0.156. The van der Waals surface area contributed by atoms with Crippen LogP contribution in [0.1, 0.15) is 12.0 Å². The van der Waals surface area contributed by atoms with E-state index in [2.05, 4.69) is 4.74 Å². The summed E-state index contributed by atoms with van der Waals surface area (Å²) in [5.74, 6) is -2.33. The molecule has 1 saturated heterocycles. The Morgan fingerprint density at radius 2 is 2.26 bits per heavy atom. The van der Waals surface area contributed by atoms with Gasteiger partial charge in [0, 0.05) is 25.1 Å². The van der Waals surface area contributed by atoms with Crippen molar-refractivity contribution >= 4 is 5.97 Å². The van der Waals surface area contributed by atoms with Crippen LogP contribution in [0, 0.1) is 11.6 Å². The number of halogens is 2. The van der Waals surface area contributed by atoms with E-state index < -0.39 is 29.7 Å². The van der Waals surface area contributed by atoms with Gasteiger partial charge in [-0.2, -0.15) is 0 Å². The van der Waals surface area contributed by atoms with Crippen LogP contribution < -0.4 is 0 Å². The number of hydrogen-bond donors (Lipinski definition) is 1. The predicted molar refractivity (Wildman–Crippen MR) is 63.2 cm³/mol. The van der Waals surface area contributed by atoms with Crippen molar-refractivity contribution in [1.82, 2.24) is 4.90 Å². The molecule has 2 rings (SSSR count). The fourth-order valence-corrected chi connectivity index (χ4v) is 2.32. The van der Waals surface area contributed by atoms with Gasteiger partial charge in [0.1, 0.15) is 6.04 Å². The van der Waals surface area contributed by atoms with Crippen LogP contribution in [0.5, 0.6) is 0 Å². The standard InChI is InChI=1S/C13H15F2NO3/c1-19-13(18)11-5-9(17)7-16(11)6-8-3-2-4-10(14)12(8)15/h2-4,9,11,17H,5-7H2,1H3. The minimum absolute atomic E-state index is 0.0560. The first-order valence-corrected chi connectivity index (χ1v) is 5.95. The first-order chi connectivity index (χ1) is 9.02. The highest BCUT2D eigenvalue weighted by Crippen LogP contribution is 2.23. The highest BCUT2D eigenvalue weighted by molar-refractivity contribution is 5.76. The number of β-amino-alcohol motifs (C(OH)–C–C–N with tert-alkyl or cyclic N) is 1. The van der Waals surface area contributed by atoms with Crippen LogP contribution in [0.25, 0.3) is 0 Å². The Labute approximate surface area is 109 Å². The molecule has 0 amide bonds. The van der Waals surface area contributed by atoms with Crippen LogP contribution in [-0.4, -0.2) is 41.8 Å². The molecule has 0 spiro atoms. The average Bonchev–Trinajstić information content (AvgIpc) is 2.75. The number of ether oxygens (including phenoxy) is 1. The number of rotatable bonds is 3. The van der Waals surface area contributed by atoms with Gasteiger partial charge in [0.15, 0.2) is 11.6 Å². The summed E-state index contributed by atoms with van der Waals surface area (Å²) >= 11 is 0. The van der Waals surface area contributed by atoms with Crippen molar-refractivity contribution in [2.24, 2.45) is 0 Å². The molecule has 1 N–H and O–H groups in total. The summed E-state index contributed by atoms with van der Waals surface area (Å²) < 4.78 is 31.3. The number of carbonyl (C=O) groups excluding carboxylic acids is 1. The van der Waals surface area contributed by atoms with Crippen LogP contribution in [0.2, 0.25) is 0 Å². The molecule has 1 aliphatic rings. The van der Waals surface area contributed by atoms with Crippen molar-refractivity contribution in [3.63, 3.8) is 0 Å². The zero-order chi connectivity index (χ0) is 14.0. The molecule has 1 fully saturated rings. The number of esters is 1. The Morgan fingerprint density at radius 1 is 1.53 bits per heavy atom. The molecular formula is C13H15F2NO3. The highest BCUT2D eigenvalue weighted by Gasteiger charge is 2.37. The molecule has 1 heterocycles. The Kier molecular flexibility index (Phi) is 4.11. The highest BCUT2D eigenvalue weighted by atomic mass is 19.2. The summed E-state index contributed by atoms with van der Waals surface area (Å²) in [4.78, 5) is 13.2. The van der Waals surface area contributed by atoms with Crippen molar-refractivity contribution < 1.29 is 23.4 Å². The lowest BCUT2D eigenvalue weighted by Crippen LogP contribution is -2.36. The maximum atomic E-state index is 13.6. The zero-order valence-electron chi connectivity index (χ0n) is 10.5. The van der Waals surface area contributed by atoms with Crippen LogP contribution in [-0.2, 0) is 16.1 Å². The third-order valence-electron chi connectivity index (χ3n) is 3.26. The Balaban J connectivity index is 2.17. The molecule has 0 bridgehead atoms. The van der Waals surface area contributed by atoms with Crippen molar-refractivity contribution in [1.29, 1.82) is 0 Å². The fraction of sp³-hybridized carbons (Fsp3) is 0.462. The van der Waals surface area contributed by atoms with Gasteiger partial charge in [-0.15, -0.1) is 0 Å². The molecule has 0 radical (unpaired) electrons. The van der Waals surface area contributed by atoms with Crippen LogP contribution in [0.15, 0.2) is 18.2 Å². The number of methoxy groups -OCH3 is 1. The minimum Gasteiger partial charge on any atom is -0.468 e. The monoisotopic (exact) mass is 271 g/mol. The van der Waals surface area contributed by atoms with Gasteiger partial charge in [-0.1, -0.05) is 12.1 Å². The molecule has 2 atom stereocenters. The zero-order valence-corrected chi connectivity index (χ0v) is 10.5. The van der Waals surface area contributed by atoms with Gasteiger partial charge in [-0.25, -0.2) is 8.78 Å². The van der Waals surface area contributed by atoms with E-state index in [4.69, 9.17) is 0 Å². The molecule has 0 aromatic heterocycles. The van der Waals surface area contributed by atoms with Crippen molar-refractivity contribution in [3.8, 4) is 0 Å². The van der Waals surface area contributed by atoms with Gasteiger partial charge in [-0.05, 0) is 6.07 Å². The topological polar surface area (TPSA) is 49.8 Å². The fourth-order valence-electron chi connectivity index (χ4n) is 2.32. The van der Waals surface area contributed by atoms with Gasteiger partial charge in [0.05, 0.1) is 13.2 Å². The summed E-state index contributed by atoms with van der Waals surface area (Å²) in [6.07, 6.45) is -0.426. The van der Waals surface area contributed by atoms with Crippen molar-refractivity contribution in [3.05, 3.63) is 35.4 Å². The number of hydrogen-bond acceptors (Lipinski definition) is 4. The van der Waals surface area contributed by atoms with E-state index in [0.29, 0.717) is 0 Å². The van der Waals surface area contributed by atoms with Gasteiger partial charge in [-0.3, -0.25) is 9.69 Å². The lowest BCUT2D eigenvalue weighted by Gasteiger charge is -2.22. The molecule has 104 valence electrons. The maximum absolute atomic E-state index is 13.6. The number of nitrogens with zero attached hydrogens (tertiary/aromatic N) is 1. The van der Waals surface area contributed by atoms with E-state index in [-0.39, 0.29) is 25.1 Å². The summed E-state index contributed by atoms with van der Waals surface area (Å²) in [6.45, 7) is 0.288. The van der Waals surface area contributed by atoms with Crippen molar-refractivity contribution in [2.45, 2.75) is 25.1 Å². The summed E-state index contributed by atoms with van der Waals surface area (Å²) in [5, 5.41) is 9.60. The first-order valence-electron chi connectivity index (χ1n) is 5.95. The quantitative estimate of drug-likeness (QED) is 0.836. The lowest BCUT2D eigenvalue weighted by molar-refractivity contribution is -0.146.